The van der Waals surface area contributed by atoms with Gasteiger partial charge in [-0.3, -0.25) is 14.4 Å². The average molecular weight is 409 g/mol. The predicted molar refractivity (Wildman–Crippen MR) is 111 cm³/mol. The summed E-state index contributed by atoms with van der Waals surface area (Å²) in [6.07, 6.45) is 6.28. The zero-order valence-electron chi connectivity index (χ0n) is 17.1. The van der Waals surface area contributed by atoms with Crippen molar-refractivity contribution in [2.45, 2.75) is 71.8 Å². The molecule has 1 aromatic heterocycles. The van der Waals surface area contributed by atoms with E-state index in [0.717, 1.165) is 32.1 Å². The van der Waals surface area contributed by atoms with Gasteiger partial charge < -0.3 is 15.5 Å². The summed E-state index contributed by atoms with van der Waals surface area (Å²) in [5.41, 5.74) is 0.632. The minimum Gasteiger partial charge on any atom is -0.356 e. The molecule has 7 nitrogen and oxygen atoms in total. The molecule has 1 fully saturated rings. The van der Waals surface area contributed by atoms with Crippen molar-refractivity contribution in [2.75, 3.05) is 18.4 Å². The van der Waals surface area contributed by atoms with Gasteiger partial charge in [0.1, 0.15) is 6.54 Å². The third-order valence-electron chi connectivity index (χ3n) is 4.89. The Morgan fingerprint density at radius 3 is 2.57 bits per heavy atom. The first-order valence-corrected chi connectivity index (χ1v) is 11.1. The van der Waals surface area contributed by atoms with Gasteiger partial charge in [-0.15, -0.1) is 11.3 Å². The van der Waals surface area contributed by atoms with Crippen LogP contribution in [0.3, 0.4) is 0 Å². The van der Waals surface area contributed by atoms with Crippen molar-refractivity contribution in [3.63, 3.8) is 0 Å². The van der Waals surface area contributed by atoms with Gasteiger partial charge in [-0.05, 0) is 33.1 Å². The van der Waals surface area contributed by atoms with E-state index in [4.69, 9.17) is 0 Å². The van der Waals surface area contributed by atoms with Gasteiger partial charge in [0.15, 0.2) is 5.13 Å². The highest BCUT2D eigenvalue weighted by atomic mass is 32.1. The molecule has 0 spiro atoms. The molecule has 1 heterocycles. The van der Waals surface area contributed by atoms with Gasteiger partial charge >= 0.3 is 0 Å². The Morgan fingerprint density at radius 2 is 1.93 bits per heavy atom. The summed E-state index contributed by atoms with van der Waals surface area (Å²) >= 11 is 1.29. The van der Waals surface area contributed by atoms with Crippen LogP contribution in [0.2, 0.25) is 0 Å². The number of nitrogens with one attached hydrogen (secondary N) is 2. The van der Waals surface area contributed by atoms with Crippen molar-refractivity contribution in [3.05, 3.63) is 11.1 Å². The maximum Gasteiger partial charge on any atom is 0.245 e. The molecule has 0 aromatic carbocycles. The summed E-state index contributed by atoms with van der Waals surface area (Å²) in [5.74, 6) is -0.211. The van der Waals surface area contributed by atoms with Gasteiger partial charge in [0, 0.05) is 23.9 Å². The van der Waals surface area contributed by atoms with Crippen LogP contribution in [0.25, 0.3) is 0 Å². The maximum absolute atomic E-state index is 12.8. The maximum atomic E-state index is 12.8. The summed E-state index contributed by atoms with van der Waals surface area (Å²) < 4.78 is 0. The monoisotopic (exact) mass is 408 g/mol. The minimum atomic E-state index is -0.255. The van der Waals surface area contributed by atoms with E-state index in [9.17, 15) is 14.4 Å². The first-order valence-electron chi connectivity index (χ1n) is 10.2. The Hall–Kier alpha value is -1.96. The van der Waals surface area contributed by atoms with Crippen molar-refractivity contribution in [1.82, 2.24) is 15.2 Å². The first-order chi connectivity index (χ1) is 13.4. The van der Waals surface area contributed by atoms with E-state index in [1.807, 2.05) is 20.8 Å². The van der Waals surface area contributed by atoms with Crippen molar-refractivity contribution >= 4 is 34.2 Å². The largest absolute Gasteiger partial charge is 0.356 e. The fourth-order valence-corrected chi connectivity index (χ4v) is 4.08. The third kappa shape index (κ3) is 6.89. The molecule has 0 bridgehead atoms. The second kappa shape index (κ2) is 11.1. The molecule has 156 valence electrons. The fraction of sp³-hybridized carbons (Fsp3) is 0.700. The number of thiazole rings is 1. The normalized spacial score (nSPS) is 14.7. The first kappa shape index (κ1) is 22.3. The smallest absolute Gasteiger partial charge is 0.245 e. The number of rotatable bonds is 9. The van der Waals surface area contributed by atoms with E-state index in [-0.39, 0.29) is 42.6 Å². The molecule has 8 heteroatoms. The van der Waals surface area contributed by atoms with Crippen LogP contribution in [0.5, 0.6) is 0 Å². The summed E-state index contributed by atoms with van der Waals surface area (Å²) in [7, 11) is 0. The molecule has 2 N–H and O–H groups in total. The highest BCUT2D eigenvalue weighted by molar-refractivity contribution is 7.13. The SMILES string of the molecule is CCCNC(=O)Cc1csc(NC(=O)CN(C(=O)C2CCCCC2)C(C)C)n1. The fourth-order valence-electron chi connectivity index (χ4n) is 3.35. The number of aromatic nitrogens is 1. The van der Waals surface area contributed by atoms with Gasteiger partial charge in [-0.1, -0.05) is 26.2 Å². The lowest BCUT2D eigenvalue weighted by Gasteiger charge is -2.31. The predicted octanol–water partition coefficient (Wildman–Crippen LogP) is 2.97. The number of hydrogen-bond acceptors (Lipinski definition) is 5. The molecule has 28 heavy (non-hydrogen) atoms. The van der Waals surface area contributed by atoms with Crippen molar-refractivity contribution in [2.24, 2.45) is 5.92 Å². The zero-order chi connectivity index (χ0) is 20.5. The summed E-state index contributed by atoms with van der Waals surface area (Å²) in [4.78, 5) is 43.0. The molecular weight excluding hydrogens is 376 g/mol. The minimum absolute atomic E-state index is 0.0267. The molecule has 2 rings (SSSR count). The number of amides is 3. The van der Waals surface area contributed by atoms with Crippen LogP contribution < -0.4 is 10.6 Å². The number of anilines is 1. The molecule has 1 saturated carbocycles. The van der Waals surface area contributed by atoms with Crippen molar-refractivity contribution in [1.29, 1.82) is 0 Å². The summed E-state index contributed by atoms with van der Waals surface area (Å²) in [5, 5.41) is 7.80. The van der Waals surface area contributed by atoms with Gasteiger partial charge in [-0.2, -0.15) is 0 Å². The van der Waals surface area contributed by atoms with Crippen LogP contribution >= 0.6 is 11.3 Å². The van der Waals surface area contributed by atoms with Gasteiger partial charge in [-0.25, -0.2) is 4.98 Å². The molecule has 0 unspecified atom stereocenters. The van der Waals surface area contributed by atoms with Crippen LogP contribution in [0.15, 0.2) is 5.38 Å². The molecule has 0 aliphatic heterocycles. The zero-order valence-corrected chi connectivity index (χ0v) is 17.9. The van der Waals surface area contributed by atoms with E-state index in [1.165, 1.54) is 17.8 Å². The summed E-state index contributed by atoms with van der Waals surface area (Å²) in [6.45, 7) is 6.54. The van der Waals surface area contributed by atoms with Crippen LogP contribution in [0, 0.1) is 5.92 Å². The molecule has 3 amide bonds. The van der Waals surface area contributed by atoms with Crippen molar-refractivity contribution in [3.8, 4) is 0 Å². The van der Waals surface area contributed by atoms with E-state index in [0.29, 0.717) is 17.4 Å². The van der Waals surface area contributed by atoms with Crippen LogP contribution in [-0.2, 0) is 20.8 Å². The molecule has 1 aliphatic rings. The Balaban J connectivity index is 1.88. The summed E-state index contributed by atoms with van der Waals surface area (Å²) in [6, 6.07) is -0.0331. The van der Waals surface area contributed by atoms with E-state index in [2.05, 4.69) is 15.6 Å². The topological polar surface area (TPSA) is 91.4 Å². The van der Waals surface area contributed by atoms with Crippen molar-refractivity contribution < 1.29 is 14.4 Å². The Bertz CT molecular complexity index is 668. The molecule has 1 aromatic rings. The number of carbonyl (C=O) groups excluding carboxylic acids is 3. The molecule has 1 aliphatic carbocycles. The average Bonchev–Trinajstić information content (AvgIpc) is 3.10. The second-order valence-corrected chi connectivity index (χ2v) is 8.47. The Labute approximate surface area is 171 Å². The van der Waals surface area contributed by atoms with Crippen LogP contribution in [0.1, 0.15) is 65.0 Å². The Kier molecular flexibility index (Phi) is 8.89. The van der Waals surface area contributed by atoms with Gasteiger partial charge in [0.05, 0.1) is 12.1 Å². The molecule has 0 saturated heterocycles. The van der Waals surface area contributed by atoms with Crippen LogP contribution in [0.4, 0.5) is 5.13 Å². The Morgan fingerprint density at radius 1 is 1.21 bits per heavy atom. The molecule has 0 atom stereocenters. The lowest BCUT2D eigenvalue weighted by molar-refractivity contribution is -0.141. The van der Waals surface area contributed by atoms with Gasteiger partial charge in [0.2, 0.25) is 17.7 Å². The number of nitrogens with zero attached hydrogens (tertiary/aromatic N) is 2. The highest BCUT2D eigenvalue weighted by Gasteiger charge is 2.28. The third-order valence-corrected chi connectivity index (χ3v) is 5.69. The van der Waals surface area contributed by atoms with Crippen LogP contribution in [-0.4, -0.2) is 46.7 Å². The highest BCUT2D eigenvalue weighted by Crippen LogP contribution is 2.26. The van der Waals surface area contributed by atoms with E-state index >= 15 is 0 Å². The lowest BCUT2D eigenvalue weighted by atomic mass is 9.88. The molecular formula is C20H32N4O3S. The quantitative estimate of drug-likeness (QED) is 0.657. The van der Waals surface area contributed by atoms with E-state index in [1.54, 1.807) is 10.3 Å². The number of carbonyl (C=O) groups is 3. The molecule has 0 radical (unpaired) electrons. The standard InChI is InChI=1S/C20H32N4O3S/c1-4-10-21-17(25)11-16-13-28-20(22-16)23-18(26)12-24(14(2)3)19(27)15-8-6-5-7-9-15/h13-15H,4-12H2,1-3H3,(H,21,25)(H,22,23,26). The second-order valence-electron chi connectivity index (χ2n) is 7.61. The van der Waals surface area contributed by atoms with E-state index < -0.39 is 0 Å². The van der Waals surface area contributed by atoms with Gasteiger partial charge in [0.25, 0.3) is 0 Å². The lowest BCUT2D eigenvalue weighted by Crippen LogP contribution is -2.45. The number of hydrogen-bond donors (Lipinski definition) is 2.